The first-order valence-electron chi connectivity index (χ1n) is 9.47. The van der Waals surface area contributed by atoms with Gasteiger partial charge >= 0.3 is 0 Å². The second-order valence-corrected chi connectivity index (χ2v) is 7.06. The third-order valence-corrected chi connectivity index (χ3v) is 4.92. The maximum absolute atomic E-state index is 12.2. The highest BCUT2D eigenvalue weighted by Gasteiger charge is 2.22. The lowest BCUT2D eigenvalue weighted by molar-refractivity contribution is -0.122. The van der Waals surface area contributed by atoms with E-state index in [1.165, 1.54) is 0 Å². The highest BCUT2D eigenvalue weighted by Crippen LogP contribution is 2.21. The number of furan rings is 1. The number of benzene rings is 1. The fourth-order valence-electron chi connectivity index (χ4n) is 3.44. The van der Waals surface area contributed by atoms with Gasteiger partial charge in [0.2, 0.25) is 5.91 Å². The van der Waals surface area contributed by atoms with Gasteiger partial charge in [0.15, 0.2) is 0 Å². The number of aliphatic hydroxyl groups excluding tert-OH is 1. The van der Waals surface area contributed by atoms with Gasteiger partial charge in [-0.1, -0.05) is 30.3 Å². The third-order valence-electron chi connectivity index (χ3n) is 4.92. The van der Waals surface area contributed by atoms with Gasteiger partial charge in [0.05, 0.1) is 37.3 Å². The molecule has 0 saturated carbocycles. The molecule has 0 spiro atoms. The van der Waals surface area contributed by atoms with E-state index in [2.05, 4.69) is 15.3 Å². The van der Waals surface area contributed by atoms with Crippen LogP contribution in [0.2, 0.25) is 0 Å². The Kier molecular flexibility index (Phi) is 5.55. The number of rotatable bonds is 7. The fourth-order valence-corrected chi connectivity index (χ4v) is 3.44. The van der Waals surface area contributed by atoms with E-state index in [4.69, 9.17) is 4.42 Å². The zero-order valence-electron chi connectivity index (χ0n) is 15.6. The van der Waals surface area contributed by atoms with Crippen molar-refractivity contribution >= 4 is 5.91 Å². The Hall–Kier alpha value is -2.90. The molecule has 3 aromatic rings. The lowest BCUT2D eigenvalue weighted by Crippen LogP contribution is -2.41. The summed E-state index contributed by atoms with van der Waals surface area (Å²) in [6.45, 7) is 2.82. The van der Waals surface area contributed by atoms with Crippen LogP contribution in [0.4, 0.5) is 0 Å². The average Bonchev–Trinajstić information content (AvgIpc) is 3.36. The minimum absolute atomic E-state index is 0.0336. The van der Waals surface area contributed by atoms with Crippen molar-refractivity contribution in [1.82, 2.24) is 20.0 Å². The van der Waals surface area contributed by atoms with Gasteiger partial charge in [-0.05, 0) is 23.8 Å². The number of hydrogen-bond donors (Lipinski definition) is 2. The van der Waals surface area contributed by atoms with Crippen molar-refractivity contribution in [2.75, 3.05) is 13.1 Å². The maximum atomic E-state index is 12.2. The number of aromatic nitrogens is 2. The smallest absolute Gasteiger partial charge is 0.234 e. The molecule has 0 saturated heterocycles. The third kappa shape index (κ3) is 4.49. The Morgan fingerprint density at radius 3 is 2.86 bits per heavy atom. The Labute approximate surface area is 163 Å². The monoisotopic (exact) mass is 380 g/mol. The molecule has 7 heteroatoms. The van der Waals surface area contributed by atoms with E-state index in [0.29, 0.717) is 38.3 Å². The van der Waals surface area contributed by atoms with Crippen LogP contribution in [0.15, 0.2) is 59.2 Å². The van der Waals surface area contributed by atoms with Crippen LogP contribution >= 0.6 is 0 Å². The van der Waals surface area contributed by atoms with Crippen molar-refractivity contribution in [1.29, 1.82) is 0 Å². The molecule has 1 aliphatic heterocycles. The zero-order chi connectivity index (χ0) is 19.3. The SMILES string of the molecule is O=C(CN1CCn2nc([C@H](O)Cc3ccccc3)cc2C1)NCc1ccco1. The molecule has 0 fully saturated rings. The number of aliphatic hydroxyl groups is 1. The van der Waals surface area contributed by atoms with Crippen molar-refractivity contribution in [2.24, 2.45) is 0 Å². The summed E-state index contributed by atoms with van der Waals surface area (Å²) in [5.74, 6) is 0.704. The molecule has 0 radical (unpaired) electrons. The van der Waals surface area contributed by atoms with Crippen LogP contribution in [0.1, 0.15) is 28.8 Å². The summed E-state index contributed by atoms with van der Waals surface area (Å²) < 4.78 is 7.16. The number of carbonyl (C=O) groups is 1. The van der Waals surface area contributed by atoms with Crippen molar-refractivity contribution in [3.63, 3.8) is 0 Å². The highest BCUT2D eigenvalue weighted by molar-refractivity contribution is 5.77. The average molecular weight is 380 g/mol. The predicted molar refractivity (Wildman–Crippen MR) is 103 cm³/mol. The summed E-state index contributed by atoms with van der Waals surface area (Å²) in [7, 11) is 0. The molecule has 2 N–H and O–H groups in total. The normalized spacial score (nSPS) is 15.2. The van der Waals surface area contributed by atoms with Gasteiger partial charge in [-0.3, -0.25) is 14.4 Å². The molecule has 4 rings (SSSR count). The Balaban J connectivity index is 1.32. The van der Waals surface area contributed by atoms with Crippen LogP contribution in [0.5, 0.6) is 0 Å². The van der Waals surface area contributed by atoms with Crippen LogP contribution < -0.4 is 5.32 Å². The van der Waals surface area contributed by atoms with Crippen molar-refractivity contribution in [2.45, 2.75) is 32.2 Å². The molecule has 0 aliphatic carbocycles. The van der Waals surface area contributed by atoms with E-state index in [1.54, 1.807) is 12.3 Å². The largest absolute Gasteiger partial charge is 0.467 e. The first-order valence-corrected chi connectivity index (χ1v) is 9.47. The maximum Gasteiger partial charge on any atom is 0.234 e. The van der Waals surface area contributed by atoms with Crippen molar-refractivity contribution in [3.05, 3.63) is 77.5 Å². The molecular weight excluding hydrogens is 356 g/mol. The first-order chi connectivity index (χ1) is 13.7. The van der Waals surface area contributed by atoms with E-state index >= 15 is 0 Å². The van der Waals surface area contributed by atoms with Gasteiger partial charge in [0.25, 0.3) is 0 Å². The van der Waals surface area contributed by atoms with Gasteiger partial charge < -0.3 is 14.8 Å². The molecule has 7 nitrogen and oxygen atoms in total. The Morgan fingerprint density at radius 2 is 2.07 bits per heavy atom. The van der Waals surface area contributed by atoms with Crippen LogP contribution in [0.3, 0.4) is 0 Å². The summed E-state index contributed by atoms with van der Waals surface area (Å²) in [6.07, 6.45) is 1.50. The fraction of sp³-hybridized carbons (Fsp3) is 0.333. The molecule has 2 aromatic heterocycles. The van der Waals surface area contributed by atoms with E-state index in [0.717, 1.165) is 23.6 Å². The summed E-state index contributed by atoms with van der Waals surface area (Å²) in [5.41, 5.74) is 2.78. The molecule has 0 bridgehead atoms. The molecular formula is C21H24N4O3. The molecule has 3 heterocycles. The Morgan fingerprint density at radius 1 is 1.21 bits per heavy atom. The second-order valence-electron chi connectivity index (χ2n) is 7.06. The van der Waals surface area contributed by atoms with Crippen LogP contribution in [0, 0.1) is 0 Å². The second kappa shape index (κ2) is 8.41. The summed E-state index contributed by atoms with van der Waals surface area (Å²) >= 11 is 0. The van der Waals surface area contributed by atoms with Gasteiger partial charge in [0.1, 0.15) is 11.9 Å². The van der Waals surface area contributed by atoms with Gasteiger partial charge in [0, 0.05) is 19.5 Å². The highest BCUT2D eigenvalue weighted by atomic mass is 16.3. The summed E-state index contributed by atoms with van der Waals surface area (Å²) in [6, 6.07) is 15.5. The van der Waals surface area contributed by atoms with Crippen LogP contribution in [0.25, 0.3) is 0 Å². The van der Waals surface area contributed by atoms with Crippen LogP contribution in [-0.4, -0.2) is 38.8 Å². The van der Waals surface area contributed by atoms with E-state index in [9.17, 15) is 9.90 Å². The van der Waals surface area contributed by atoms with E-state index < -0.39 is 6.10 Å². The molecule has 1 atom stereocenters. The standard InChI is InChI=1S/C21H24N4O3/c26-20(11-16-5-2-1-3-6-16)19-12-17-14-24(8-9-25(17)23-19)15-21(27)22-13-18-7-4-10-28-18/h1-7,10,12,20,26H,8-9,11,13-15H2,(H,22,27)/t20-/m1/s1. The van der Waals surface area contributed by atoms with Gasteiger partial charge in [-0.25, -0.2) is 0 Å². The number of nitrogens with zero attached hydrogens (tertiary/aromatic N) is 3. The first kappa shape index (κ1) is 18.5. The number of amides is 1. The lowest BCUT2D eigenvalue weighted by Gasteiger charge is -2.26. The molecule has 146 valence electrons. The molecule has 1 aliphatic rings. The quantitative estimate of drug-likeness (QED) is 0.654. The topological polar surface area (TPSA) is 83.5 Å². The van der Waals surface area contributed by atoms with Gasteiger partial charge in [-0.2, -0.15) is 5.10 Å². The zero-order valence-corrected chi connectivity index (χ0v) is 15.6. The Bertz CT molecular complexity index is 905. The summed E-state index contributed by atoms with van der Waals surface area (Å²) in [4.78, 5) is 14.3. The number of nitrogens with one attached hydrogen (secondary N) is 1. The number of carbonyl (C=O) groups excluding carboxylic acids is 1. The van der Waals surface area contributed by atoms with Crippen molar-refractivity contribution < 1.29 is 14.3 Å². The lowest BCUT2D eigenvalue weighted by atomic mass is 10.1. The molecule has 0 unspecified atom stereocenters. The minimum Gasteiger partial charge on any atom is -0.467 e. The minimum atomic E-state index is -0.634. The van der Waals surface area contributed by atoms with Crippen LogP contribution in [-0.2, 0) is 30.8 Å². The predicted octanol–water partition coefficient (Wildman–Crippen LogP) is 1.88. The molecule has 1 aromatic carbocycles. The van der Waals surface area contributed by atoms with Gasteiger partial charge in [-0.15, -0.1) is 0 Å². The summed E-state index contributed by atoms with van der Waals surface area (Å²) in [5, 5.41) is 18.0. The molecule has 28 heavy (non-hydrogen) atoms. The number of fused-ring (bicyclic) bond motifs is 1. The van der Waals surface area contributed by atoms with Crippen molar-refractivity contribution in [3.8, 4) is 0 Å². The molecule has 1 amide bonds. The van der Waals surface area contributed by atoms with E-state index in [1.807, 2.05) is 47.1 Å². The van der Waals surface area contributed by atoms with E-state index in [-0.39, 0.29) is 5.91 Å². The number of hydrogen-bond acceptors (Lipinski definition) is 5.